The molecular weight excluding hydrogens is 571 g/mol. The average molecular weight is 594 g/mol. The van der Waals surface area contributed by atoms with Crippen LogP contribution < -0.4 is 20.5 Å². The molecule has 13 nitrogen and oxygen atoms in total. The van der Waals surface area contributed by atoms with Crippen molar-refractivity contribution >= 4 is 40.8 Å². The fraction of sp³-hybridized carbons (Fsp3) is 0.409. The van der Waals surface area contributed by atoms with Crippen molar-refractivity contribution in [3.8, 4) is 11.5 Å². The molecule has 2 N–H and O–H groups in total. The quantitative estimate of drug-likeness (QED) is 0.348. The Hall–Kier alpha value is -3.23. The number of alkyl halides is 2. The molecule has 1 aromatic carbocycles. The average Bonchev–Trinajstić information content (AvgIpc) is 3.38. The van der Waals surface area contributed by atoms with Crippen LogP contribution in [0.2, 0.25) is 0 Å². The summed E-state index contributed by atoms with van der Waals surface area (Å²) in [4.78, 5) is 28.2. The van der Waals surface area contributed by atoms with Crippen molar-refractivity contribution in [3.63, 3.8) is 0 Å². The number of ether oxygens (including phenoxy) is 4. The van der Waals surface area contributed by atoms with Crippen LogP contribution in [0, 0.1) is 0 Å². The number of aliphatic hydroxyl groups is 1. The molecule has 0 aliphatic carbocycles. The van der Waals surface area contributed by atoms with Crippen LogP contribution in [0.15, 0.2) is 39.7 Å². The summed E-state index contributed by atoms with van der Waals surface area (Å²) in [6.45, 7) is -3.52. The molecule has 0 bridgehead atoms. The summed E-state index contributed by atoms with van der Waals surface area (Å²) in [5.41, 5.74) is -0.804. The molecule has 1 saturated heterocycles. The van der Waals surface area contributed by atoms with Gasteiger partial charge in [-0.1, -0.05) is 0 Å². The minimum atomic E-state index is -3.93. The lowest BCUT2D eigenvalue weighted by molar-refractivity contribution is -0.140. The first-order chi connectivity index (χ1) is 18.3. The Balaban J connectivity index is 1.40. The first-order valence-corrected chi connectivity index (χ1v) is 14.1. The summed E-state index contributed by atoms with van der Waals surface area (Å²) < 4.78 is 72.3. The van der Waals surface area contributed by atoms with E-state index in [1.54, 1.807) is 18.2 Å². The van der Waals surface area contributed by atoms with Crippen molar-refractivity contribution in [1.29, 1.82) is 0 Å². The second-order valence-electron chi connectivity index (χ2n) is 8.35. The number of furan rings is 1. The van der Waals surface area contributed by atoms with Gasteiger partial charge in [-0.3, -0.25) is 14.4 Å². The van der Waals surface area contributed by atoms with Gasteiger partial charge in [-0.05, 0) is 29.4 Å². The number of aliphatic hydroxyl groups excluding tert-OH is 1. The second kappa shape index (κ2) is 11.1. The first kappa shape index (κ1) is 28.8. The maximum atomic E-state index is 14.6. The number of hydrogen-bond acceptors (Lipinski definition) is 11. The lowest BCUT2D eigenvalue weighted by Crippen LogP contribution is -2.42. The van der Waals surface area contributed by atoms with E-state index < -0.39 is 49.5 Å². The molecule has 1 aliphatic rings. The van der Waals surface area contributed by atoms with Gasteiger partial charge in [-0.2, -0.15) is 13.8 Å². The smallest absolute Gasteiger partial charge is 0.413 e. The minimum absolute atomic E-state index is 0.279. The van der Waals surface area contributed by atoms with Crippen LogP contribution >= 0.6 is 18.0 Å². The van der Waals surface area contributed by atoms with E-state index in [4.69, 9.17) is 39.1 Å². The summed E-state index contributed by atoms with van der Waals surface area (Å²) in [6.07, 6.45) is -6.38. The number of nitrogens with one attached hydrogen (secondary N) is 1. The molecule has 1 fully saturated rings. The monoisotopic (exact) mass is 593 g/mol. The summed E-state index contributed by atoms with van der Waals surface area (Å²) in [6, 6.07) is 6.00. The topological polar surface area (TPSA) is 161 Å². The molecule has 1 amide bonds. The second-order valence-corrected chi connectivity index (χ2v) is 11.9. The van der Waals surface area contributed by atoms with E-state index in [2.05, 4.69) is 10.3 Å². The Bertz CT molecular complexity index is 1480. The number of carbonyl (C=O) groups excluding carboxylic acids is 1. The third-order valence-corrected chi connectivity index (χ3v) is 6.47. The van der Waals surface area contributed by atoms with Gasteiger partial charge >= 0.3 is 17.7 Å². The molecule has 3 aromatic rings. The molecule has 1 aliphatic heterocycles. The van der Waals surface area contributed by atoms with Gasteiger partial charge < -0.3 is 33.0 Å². The highest BCUT2D eigenvalue weighted by Gasteiger charge is 2.60. The minimum Gasteiger partial charge on any atom is -0.497 e. The Morgan fingerprint density at radius 1 is 1.31 bits per heavy atom. The van der Waals surface area contributed by atoms with E-state index in [1.807, 2.05) is 0 Å². The number of anilines is 1. The summed E-state index contributed by atoms with van der Waals surface area (Å²) >= 11 is 5.45. The molecular formula is C22H23ClF2N3O10P. The van der Waals surface area contributed by atoms with Gasteiger partial charge in [0.25, 0.3) is 6.72 Å². The third kappa shape index (κ3) is 6.34. The summed E-state index contributed by atoms with van der Waals surface area (Å²) in [7, 11) is 2.96. The van der Waals surface area contributed by atoms with Crippen molar-refractivity contribution in [2.75, 3.05) is 32.8 Å². The van der Waals surface area contributed by atoms with Crippen molar-refractivity contribution < 1.29 is 51.1 Å². The van der Waals surface area contributed by atoms with Crippen LogP contribution in [0.25, 0.3) is 11.0 Å². The largest absolute Gasteiger partial charge is 0.497 e. The van der Waals surface area contributed by atoms with Crippen LogP contribution in [0.4, 0.5) is 19.4 Å². The normalized spacial score (nSPS) is 21.9. The molecule has 17 heteroatoms. The van der Waals surface area contributed by atoms with Gasteiger partial charge in [0.15, 0.2) is 24.0 Å². The molecule has 1 unspecified atom stereocenters. The van der Waals surface area contributed by atoms with Crippen molar-refractivity contribution in [2.45, 2.75) is 31.0 Å². The number of fused-ring (bicyclic) bond motifs is 1. The first-order valence-electron chi connectivity index (χ1n) is 11.1. The Kier molecular flexibility index (Phi) is 8.19. The molecule has 0 saturated carbocycles. The predicted molar refractivity (Wildman–Crippen MR) is 132 cm³/mol. The van der Waals surface area contributed by atoms with E-state index in [1.165, 1.54) is 14.2 Å². The number of benzene rings is 1. The van der Waals surface area contributed by atoms with Crippen LogP contribution in [0.5, 0.6) is 11.5 Å². The third-order valence-electron chi connectivity index (χ3n) is 5.57. The number of halogens is 3. The lowest BCUT2D eigenvalue weighted by Gasteiger charge is -2.21. The number of aromatic nitrogens is 2. The molecule has 4 atom stereocenters. The van der Waals surface area contributed by atoms with Crippen molar-refractivity contribution in [1.82, 2.24) is 9.55 Å². The lowest BCUT2D eigenvalue weighted by atomic mass is 10.1. The molecule has 212 valence electrons. The van der Waals surface area contributed by atoms with Gasteiger partial charge in [-0.25, -0.2) is 9.59 Å². The van der Waals surface area contributed by atoms with Gasteiger partial charge in [-0.15, -0.1) is 0 Å². The Labute approximate surface area is 223 Å². The van der Waals surface area contributed by atoms with E-state index in [0.29, 0.717) is 27.0 Å². The van der Waals surface area contributed by atoms with E-state index in [9.17, 15) is 28.0 Å². The molecule has 39 heavy (non-hydrogen) atoms. The summed E-state index contributed by atoms with van der Waals surface area (Å²) in [5, 5.41) is 12.8. The van der Waals surface area contributed by atoms with Crippen LogP contribution in [0.1, 0.15) is 12.0 Å². The fourth-order valence-corrected chi connectivity index (χ4v) is 4.32. The fourth-order valence-electron chi connectivity index (χ4n) is 3.74. The molecule has 2 aromatic heterocycles. The zero-order valence-electron chi connectivity index (χ0n) is 20.6. The zero-order chi connectivity index (χ0) is 28.5. The highest BCUT2D eigenvalue weighted by molar-refractivity contribution is 7.84. The van der Waals surface area contributed by atoms with E-state index in [0.717, 1.165) is 18.9 Å². The van der Waals surface area contributed by atoms with Gasteiger partial charge in [0, 0.05) is 24.3 Å². The molecule has 0 radical (unpaired) electrons. The number of nitrogens with zero attached hydrogens (tertiary/aromatic N) is 2. The zero-order valence-corrected chi connectivity index (χ0v) is 22.3. The molecule has 0 spiro atoms. The molecule has 4 rings (SSSR count). The Morgan fingerprint density at radius 3 is 2.69 bits per heavy atom. The highest BCUT2D eigenvalue weighted by Crippen LogP contribution is 2.50. The maximum absolute atomic E-state index is 14.6. The number of hydrogen-bond donors (Lipinski definition) is 2. The van der Waals surface area contributed by atoms with Gasteiger partial charge in [0.2, 0.25) is 6.23 Å². The van der Waals surface area contributed by atoms with E-state index >= 15 is 0 Å². The van der Waals surface area contributed by atoms with Crippen LogP contribution in [-0.4, -0.2) is 66.4 Å². The Morgan fingerprint density at radius 2 is 2.05 bits per heavy atom. The number of carbonyl (C=O) groups is 1. The maximum Gasteiger partial charge on any atom is 0.413 e. The van der Waals surface area contributed by atoms with Gasteiger partial charge in [0.05, 0.1) is 20.8 Å². The van der Waals surface area contributed by atoms with Crippen LogP contribution in [0.3, 0.4) is 0 Å². The standard InChI is InChI=1S/C22H23ClF2N3O10P/c1-33-12-6-11-7-13(37-17(11)14(8-12)34-2)9-35-21(31)27-16-4-5-28(20(30)26-16)19-22(24,25)18(29)15(38-19)10-36-39(3,23)32/h4-8,15,18-19,29H,9-10H2,1-3H3,(H,26,27,30,31)/t15-,18-,19-,39?/m1/s1. The highest BCUT2D eigenvalue weighted by atomic mass is 35.7. The molecule has 3 heterocycles. The predicted octanol–water partition coefficient (Wildman–Crippen LogP) is 3.73. The number of methoxy groups -OCH3 is 2. The van der Waals surface area contributed by atoms with E-state index in [-0.39, 0.29) is 18.2 Å². The number of amides is 1. The summed E-state index contributed by atoms with van der Waals surface area (Å²) in [5.74, 6) is -3.00. The van der Waals surface area contributed by atoms with Crippen molar-refractivity contribution in [2.24, 2.45) is 0 Å². The van der Waals surface area contributed by atoms with Crippen molar-refractivity contribution in [3.05, 3.63) is 46.7 Å². The van der Waals surface area contributed by atoms with Crippen LogP contribution in [-0.2, 0) is 25.2 Å². The SMILES string of the molecule is COc1cc(OC)c2oc(COC(=O)Nc3ccn([C@@H]4O[C@H](COP(C)(=O)Cl)[C@@H](O)C4(F)F)c(=O)n3)cc2c1. The number of rotatable bonds is 9. The van der Waals surface area contributed by atoms with Gasteiger partial charge in [0.1, 0.15) is 23.4 Å².